The predicted molar refractivity (Wildman–Crippen MR) is 80.0 cm³/mol. The van der Waals surface area contributed by atoms with Crippen LogP contribution >= 0.6 is 0 Å². The number of nitrogens with zero attached hydrogens (tertiary/aromatic N) is 1. The molecule has 2 aromatic heterocycles. The molecular weight excluding hydrogens is 268 g/mol. The van der Waals surface area contributed by atoms with Crippen molar-refractivity contribution in [2.75, 3.05) is 13.1 Å². The second kappa shape index (κ2) is 7.57. The van der Waals surface area contributed by atoms with Crippen LogP contribution in [0.1, 0.15) is 30.6 Å². The minimum Gasteiger partial charge on any atom is -0.469 e. The van der Waals surface area contributed by atoms with Crippen LogP contribution in [0.15, 0.2) is 39.4 Å². The number of carbonyl (C=O) groups is 1. The molecule has 0 atom stereocenters. The van der Waals surface area contributed by atoms with E-state index in [1.54, 1.807) is 11.2 Å². The average Bonchev–Trinajstić information content (AvgIpc) is 3.12. The van der Waals surface area contributed by atoms with Crippen molar-refractivity contribution in [3.05, 3.63) is 47.8 Å². The number of aryl methyl sites for hydroxylation is 2. The van der Waals surface area contributed by atoms with Gasteiger partial charge in [0.15, 0.2) is 0 Å². The Morgan fingerprint density at radius 2 is 2.14 bits per heavy atom. The van der Waals surface area contributed by atoms with E-state index >= 15 is 0 Å². The molecule has 0 radical (unpaired) electrons. The summed E-state index contributed by atoms with van der Waals surface area (Å²) < 4.78 is 10.8. The molecule has 0 spiro atoms. The van der Waals surface area contributed by atoms with Crippen molar-refractivity contribution in [2.24, 2.45) is 0 Å². The Hall–Kier alpha value is -2.17. The zero-order chi connectivity index (χ0) is 15.1. The summed E-state index contributed by atoms with van der Waals surface area (Å²) in [6, 6.07) is 7.57. The first-order chi connectivity index (χ1) is 10.2. The van der Waals surface area contributed by atoms with Crippen LogP contribution in [-0.2, 0) is 13.0 Å². The number of furan rings is 2. The topological polar surface area (TPSA) is 58.6 Å². The Balaban J connectivity index is 1.72. The third-order valence-corrected chi connectivity index (χ3v) is 3.27. The molecule has 1 N–H and O–H groups in total. The molecule has 2 rings (SSSR count). The summed E-state index contributed by atoms with van der Waals surface area (Å²) in [7, 11) is 0. The van der Waals surface area contributed by atoms with Crippen LogP contribution in [0.4, 0.5) is 4.79 Å². The highest BCUT2D eigenvalue weighted by molar-refractivity contribution is 5.74. The van der Waals surface area contributed by atoms with Gasteiger partial charge in [0.2, 0.25) is 0 Å². The maximum absolute atomic E-state index is 12.1. The Kier molecular flexibility index (Phi) is 5.49. The molecule has 2 heterocycles. The summed E-state index contributed by atoms with van der Waals surface area (Å²) in [5.41, 5.74) is 0. The molecular formula is C16H22N2O3. The molecule has 0 unspecified atom stereocenters. The van der Waals surface area contributed by atoms with Crippen molar-refractivity contribution >= 4 is 6.03 Å². The lowest BCUT2D eigenvalue weighted by Gasteiger charge is -2.20. The van der Waals surface area contributed by atoms with E-state index in [-0.39, 0.29) is 6.03 Å². The number of hydrogen-bond acceptors (Lipinski definition) is 3. The largest absolute Gasteiger partial charge is 0.469 e. The Morgan fingerprint density at radius 1 is 1.29 bits per heavy atom. The maximum Gasteiger partial charge on any atom is 0.317 e. The molecule has 2 amide bonds. The number of rotatable bonds is 7. The molecule has 21 heavy (non-hydrogen) atoms. The van der Waals surface area contributed by atoms with E-state index in [0.29, 0.717) is 19.6 Å². The molecule has 0 bridgehead atoms. The van der Waals surface area contributed by atoms with Crippen LogP contribution in [0.3, 0.4) is 0 Å². The van der Waals surface area contributed by atoms with Crippen LogP contribution in [0, 0.1) is 6.92 Å². The molecule has 5 heteroatoms. The van der Waals surface area contributed by atoms with Gasteiger partial charge in [0.25, 0.3) is 0 Å². The first-order valence-corrected chi connectivity index (χ1v) is 7.29. The fourth-order valence-corrected chi connectivity index (χ4v) is 2.11. The third kappa shape index (κ3) is 4.70. The lowest BCUT2D eigenvalue weighted by Crippen LogP contribution is -2.39. The van der Waals surface area contributed by atoms with Gasteiger partial charge in [-0.05, 0) is 44.5 Å². The normalized spacial score (nSPS) is 10.6. The lowest BCUT2D eigenvalue weighted by atomic mass is 10.2. The van der Waals surface area contributed by atoms with Crippen LogP contribution in [-0.4, -0.2) is 24.0 Å². The first-order valence-electron chi connectivity index (χ1n) is 7.29. The van der Waals surface area contributed by atoms with Gasteiger partial charge in [-0.1, -0.05) is 0 Å². The highest BCUT2D eigenvalue weighted by Gasteiger charge is 2.13. The van der Waals surface area contributed by atoms with Crippen molar-refractivity contribution in [3.63, 3.8) is 0 Å². The van der Waals surface area contributed by atoms with Gasteiger partial charge in [0.05, 0.1) is 12.8 Å². The SMILES string of the molecule is CCN(Cc1ccc(C)o1)C(=O)NCCCc1ccco1. The van der Waals surface area contributed by atoms with E-state index in [0.717, 1.165) is 30.1 Å². The highest BCUT2D eigenvalue weighted by atomic mass is 16.3. The molecule has 0 saturated carbocycles. The molecule has 5 nitrogen and oxygen atoms in total. The second-order valence-corrected chi connectivity index (χ2v) is 4.94. The minimum atomic E-state index is -0.0639. The van der Waals surface area contributed by atoms with E-state index < -0.39 is 0 Å². The van der Waals surface area contributed by atoms with E-state index in [1.807, 2.05) is 38.1 Å². The van der Waals surface area contributed by atoms with E-state index in [9.17, 15) is 4.79 Å². The molecule has 0 saturated heterocycles. The van der Waals surface area contributed by atoms with Gasteiger partial charge >= 0.3 is 6.03 Å². The summed E-state index contributed by atoms with van der Waals surface area (Å²) in [5.74, 6) is 2.61. The molecule has 0 aromatic carbocycles. The van der Waals surface area contributed by atoms with Gasteiger partial charge in [-0.2, -0.15) is 0 Å². The van der Waals surface area contributed by atoms with E-state index in [4.69, 9.17) is 8.83 Å². The summed E-state index contributed by atoms with van der Waals surface area (Å²) in [5, 5.41) is 2.93. The van der Waals surface area contributed by atoms with Gasteiger partial charge in [0.1, 0.15) is 17.3 Å². The summed E-state index contributed by atoms with van der Waals surface area (Å²) in [4.78, 5) is 13.8. The highest BCUT2D eigenvalue weighted by Crippen LogP contribution is 2.09. The number of amides is 2. The fourth-order valence-electron chi connectivity index (χ4n) is 2.11. The summed E-state index contributed by atoms with van der Waals surface area (Å²) in [6.07, 6.45) is 3.35. The minimum absolute atomic E-state index is 0.0639. The average molecular weight is 290 g/mol. The number of nitrogens with one attached hydrogen (secondary N) is 1. The zero-order valence-electron chi connectivity index (χ0n) is 12.6. The maximum atomic E-state index is 12.1. The Morgan fingerprint density at radius 3 is 2.76 bits per heavy atom. The number of hydrogen-bond donors (Lipinski definition) is 1. The number of carbonyl (C=O) groups excluding carboxylic acids is 1. The van der Waals surface area contributed by atoms with Gasteiger partial charge in [-0.3, -0.25) is 0 Å². The quantitative estimate of drug-likeness (QED) is 0.796. The summed E-state index contributed by atoms with van der Waals surface area (Å²) >= 11 is 0. The second-order valence-electron chi connectivity index (χ2n) is 4.94. The molecule has 0 aliphatic carbocycles. The standard InChI is InChI=1S/C16H22N2O3/c1-3-18(12-15-9-8-13(2)21-15)16(19)17-10-4-6-14-7-5-11-20-14/h5,7-9,11H,3-4,6,10,12H2,1-2H3,(H,17,19). The van der Waals surface area contributed by atoms with Crippen molar-refractivity contribution in [1.29, 1.82) is 0 Å². The van der Waals surface area contributed by atoms with Gasteiger partial charge in [0, 0.05) is 19.5 Å². The fraction of sp³-hybridized carbons (Fsp3) is 0.438. The smallest absolute Gasteiger partial charge is 0.317 e. The van der Waals surface area contributed by atoms with E-state index in [1.165, 1.54) is 0 Å². The molecule has 2 aromatic rings. The van der Waals surface area contributed by atoms with Gasteiger partial charge in [-0.15, -0.1) is 0 Å². The van der Waals surface area contributed by atoms with Crippen LogP contribution in [0.25, 0.3) is 0 Å². The Labute approximate surface area is 124 Å². The van der Waals surface area contributed by atoms with Gasteiger partial charge < -0.3 is 19.1 Å². The molecule has 114 valence electrons. The predicted octanol–water partition coefficient (Wildman–Crippen LogP) is 3.35. The summed E-state index contributed by atoms with van der Waals surface area (Å²) in [6.45, 7) is 5.62. The third-order valence-electron chi connectivity index (χ3n) is 3.27. The van der Waals surface area contributed by atoms with Crippen molar-refractivity contribution in [2.45, 2.75) is 33.2 Å². The Bertz CT molecular complexity index is 546. The molecule has 0 aliphatic rings. The molecule has 0 aliphatic heterocycles. The van der Waals surface area contributed by atoms with Crippen molar-refractivity contribution in [3.8, 4) is 0 Å². The monoisotopic (exact) mass is 290 g/mol. The molecule has 0 fully saturated rings. The van der Waals surface area contributed by atoms with Gasteiger partial charge in [-0.25, -0.2) is 4.79 Å². The van der Waals surface area contributed by atoms with Crippen LogP contribution in [0.2, 0.25) is 0 Å². The van der Waals surface area contributed by atoms with Crippen LogP contribution in [0.5, 0.6) is 0 Å². The number of urea groups is 1. The van der Waals surface area contributed by atoms with Crippen LogP contribution < -0.4 is 5.32 Å². The van der Waals surface area contributed by atoms with Crippen molar-refractivity contribution in [1.82, 2.24) is 10.2 Å². The first kappa shape index (κ1) is 15.2. The zero-order valence-corrected chi connectivity index (χ0v) is 12.6. The van der Waals surface area contributed by atoms with E-state index in [2.05, 4.69) is 5.32 Å². The van der Waals surface area contributed by atoms with Crippen molar-refractivity contribution < 1.29 is 13.6 Å². The lowest BCUT2D eigenvalue weighted by molar-refractivity contribution is 0.193.